The number of hydrogen-bond acceptors (Lipinski definition) is 5. The van der Waals surface area contributed by atoms with Gasteiger partial charge in [0.15, 0.2) is 5.58 Å². The number of para-hydroxylation sites is 2. The van der Waals surface area contributed by atoms with Crippen molar-refractivity contribution in [3.8, 4) is 0 Å². The Labute approximate surface area is 148 Å². The molecule has 2 aromatic heterocycles. The van der Waals surface area contributed by atoms with Crippen molar-refractivity contribution in [3.63, 3.8) is 0 Å². The van der Waals surface area contributed by atoms with Gasteiger partial charge in [0, 0.05) is 38.9 Å². The van der Waals surface area contributed by atoms with Crippen molar-refractivity contribution in [2.75, 3.05) is 31.1 Å². The highest BCUT2D eigenvalue weighted by atomic mass is 19.4. The lowest BCUT2D eigenvalue weighted by atomic mass is 10.1. The number of halogens is 3. The van der Waals surface area contributed by atoms with Gasteiger partial charge in [-0.05, 0) is 23.8 Å². The van der Waals surface area contributed by atoms with Crippen molar-refractivity contribution in [1.82, 2.24) is 14.9 Å². The molecule has 0 atom stereocenters. The molecule has 4 rings (SSSR count). The fraction of sp³-hybridized carbons (Fsp3) is 0.333. The third-order valence-electron chi connectivity index (χ3n) is 4.48. The molecule has 3 heterocycles. The summed E-state index contributed by atoms with van der Waals surface area (Å²) in [6.07, 6.45) is -3.26. The SMILES string of the molecule is FC(F)(F)c1ncccc1CN1CCN(c2nc3ccccc3o2)CC1. The van der Waals surface area contributed by atoms with Crippen molar-refractivity contribution >= 4 is 17.1 Å². The first-order valence-electron chi connectivity index (χ1n) is 8.35. The molecule has 0 aliphatic carbocycles. The van der Waals surface area contributed by atoms with Crippen LogP contribution in [0.15, 0.2) is 47.0 Å². The van der Waals surface area contributed by atoms with E-state index < -0.39 is 11.9 Å². The molecule has 1 aliphatic heterocycles. The van der Waals surface area contributed by atoms with Crippen LogP contribution in [0.3, 0.4) is 0 Å². The van der Waals surface area contributed by atoms with Crippen molar-refractivity contribution in [2.45, 2.75) is 12.7 Å². The van der Waals surface area contributed by atoms with Gasteiger partial charge in [0.1, 0.15) is 11.2 Å². The molecule has 5 nitrogen and oxygen atoms in total. The normalized spacial score (nSPS) is 16.3. The molecule has 1 fully saturated rings. The van der Waals surface area contributed by atoms with Crippen LogP contribution in [0.2, 0.25) is 0 Å². The predicted octanol–water partition coefficient (Wildman–Crippen LogP) is 3.56. The Morgan fingerprint density at radius 2 is 1.77 bits per heavy atom. The minimum atomic E-state index is -4.43. The molecule has 136 valence electrons. The lowest BCUT2D eigenvalue weighted by molar-refractivity contribution is -0.142. The molecule has 26 heavy (non-hydrogen) atoms. The molecule has 3 aromatic rings. The molecule has 0 radical (unpaired) electrons. The van der Waals surface area contributed by atoms with E-state index in [-0.39, 0.29) is 12.1 Å². The summed E-state index contributed by atoms with van der Waals surface area (Å²) in [6.45, 7) is 2.78. The maximum atomic E-state index is 13.1. The maximum Gasteiger partial charge on any atom is 0.433 e. The standard InChI is InChI=1S/C18H17F3N4O/c19-18(20,21)16-13(4-3-7-22-16)12-24-8-10-25(11-9-24)17-23-14-5-1-2-6-15(14)26-17/h1-7H,8-12H2. The zero-order valence-corrected chi connectivity index (χ0v) is 13.9. The Morgan fingerprint density at radius 1 is 1.00 bits per heavy atom. The largest absolute Gasteiger partial charge is 0.433 e. The molecule has 0 amide bonds. The van der Waals surface area contributed by atoms with E-state index >= 15 is 0 Å². The molecule has 0 unspecified atom stereocenters. The predicted molar refractivity (Wildman–Crippen MR) is 90.7 cm³/mol. The third-order valence-corrected chi connectivity index (χ3v) is 4.48. The number of oxazole rings is 1. The summed E-state index contributed by atoms with van der Waals surface area (Å²) in [5.41, 5.74) is 0.932. The lowest BCUT2D eigenvalue weighted by Gasteiger charge is -2.34. The van der Waals surface area contributed by atoms with Crippen molar-refractivity contribution in [2.24, 2.45) is 0 Å². The molecule has 8 heteroatoms. The Morgan fingerprint density at radius 3 is 2.50 bits per heavy atom. The van der Waals surface area contributed by atoms with Gasteiger partial charge in [-0.1, -0.05) is 18.2 Å². The Bertz CT molecular complexity index is 868. The van der Waals surface area contributed by atoms with Gasteiger partial charge in [-0.25, -0.2) is 0 Å². The summed E-state index contributed by atoms with van der Waals surface area (Å²) in [4.78, 5) is 12.0. The number of aromatic nitrogens is 2. The van der Waals surface area contributed by atoms with Gasteiger partial charge in [-0.3, -0.25) is 9.88 Å². The highest BCUT2D eigenvalue weighted by Gasteiger charge is 2.35. The number of alkyl halides is 3. The zero-order chi connectivity index (χ0) is 18.1. The van der Waals surface area contributed by atoms with Crippen molar-refractivity contribution < 1.29 is 17.6 Å². The van der Waals surface area contributed by atoms with Crippen LogP contribution < -0.4 is 4.90 Å². The number of rotatable bonds is 3. The average molecular weight is 362 g/mol. The molecule has 0 spiro atoms. The highest BCUT2D eigenvalue weighted by Crippen LogP contribution is 2.31. The van der Waals surface area contributed by atoms with Crippen LogP contribution in [0.1, 0.15) is 11.3 Å². The van der Waals surface area contributed by atoms with E-state index in [1.165, 1.54) is 12.3 Å². The first-order chi connectivity index (χ1) is 12.5. The van der Waals surface area contributed by atoms with Crippen LogP contribution in [-0.4, -0.2) is 41.0 Å². The van der Waals surface area contributed by atoms with E-state index in [9.17, 15) is 13.2 Å². The van der Waals surface area contributed by atoms with Crippen LogP contribution in [0.4, 0.5) is 19.2 Å². The van der Waals surface area contributed by atoms with Gasteiger partial charge >= 0.3 is 6.18 Å². The summed E-state index contributed by atoms with van der Waals surface area (Å²) in [5.74, 6) is 0. The third kappa shape index (κ3) is 3.37. The molecule has 0 bridgehead atoms. The summed E-state index contributed by atoms with van der Waals surface area (Å²) in [5, 5.41) is 0. The molecular weight excluding hydrogens is 345 g/mol. The summed E-state index contributed by atoms with van der Waals surface area (Å²) in [6, 6.07) is 11.1. The fourth-order valence-electron chi connectivity index (χ4n) is 3.15. The summed E-state index contributed by atoms with van der Waals surface area (Å²) >= 11 is 0. The number of anilines is 1. The number of hydrogen-bond donors (Lipinski definition) is 0. The fourth-order valence-corrected chi connectivity index (χ4v) is 3.15. The zero-order valence-electron chi connectivity index (χ0n) is 13.9. The quantitative estimate of drug-likeness (QED) is 0.713. The van der Waals surface area contributed by atoms with Crippen LogP contribution in [-0.2, 0) is 12.7 Å². The average Bonchev–Trinajstić information content (AvgIpc) is 3.06. The van der Waals surface area contributed by atoms with Gasteiger partial charge < -0.3 is 9.32 Å². The molecule has 1 aromatic carbocycles. The van der Waals surface area contributed by atoms with Gasteiger partial charge in [0.05, 0.1) is 0 Å². The van der Waals surface area contributed by atoms with E-state index in [0.29, 0.717) is 32.2 Å². The van der Waals surface area contributed by atoms with E-state index in [0.717, 1.165) is 11.1 Å². The van der Waals surface area contributed by atoms with Gasteiger partial charge in [-0.2, -0.15) is 18.2 Å². The Hall–Kier alpha value is -2.61. The Kier molecular flexibility index (Phi) is 4.28. The van der Waals surface area contributed by atoms with Gasteiger partial charge in [0.25, 0.3) is 6.01 Å². The van der Waals surface area contributed by atoms with Gasteiger partial charge in [-0.15, -0.1) is 0 Å². The van der Waals surface area contributed by atoms with Crippen LogP contribution in [0.5, 0.6) is 0 Å². The molecule has 0 N–H and O–H groups in total. The lowest BCUT2D eigenvalue weighted by Crippen LogP contribution is -2.46. The first-order valence-corrected chi connectivity index (χ1v) is 8.35. The van der Waals surface area contributed by atoms with Crippen molar-refractivity contribution in [3.05, 3.63) is 53.9 Å². The summed E-state index contributed by atoms with van der Waals surface area (Å²) < 4.78 is 45.0. The van der Waals surface area contributed by atoms with Crippen LogP contribution in [0.25, 0.3) is 11.1 Å². The van der Waals surface area contributed by atoms with Gasteiger partial charge in [0.2, 0.25) is 0 Å². The maximum absolute atomic E-state index is 13.1. The molecular formula is C18H17F3N4O. The number of benzene rings is 1. The molecule has 1 aliphatic rings. The number of piperazine rings is 1. The minimum Gasteiger partial charge on any atom is -0.423 e. The number of nitrogens with zero attached hydrogens (tertiary/aromatic N) is 4. The second-order valence-corrected chi connectivity index (χ2v) is 6.24. The van der Waals surface area contributed by atoms with E-state index in [4.69, 9.17) is 4.42 Å². The molecule has 1 saturated heterocycles. The van der Waals surface area contributed by atoms with E-state index in [2.05, 4.69) is 9.97 Å². The number of pyridine rings is 1. The minimum absolute atomic E-state index is 0.204. The molecule has 0 saturated carbocycles. The van der Waals surface area contributed by atoms with Crippen LogP contribution >= 0.6 is 0 Å². The Balaban J connectivity index is 1.43. The summed E-state index contributed by atoms with van der Waals surface area (Å²) in [7, 11) is 0. The van der Waals surface area contributed by atoms with Crippen LogP contribution in [0, 0.1) is 0 Å². The monoisotopic (exact) mass is 362 g/mol. The van der Waals surface area contributed by atoms with E-state index in [1.807, 2.05) is 34.1 Å². The van der Waals surface area contributed by atoms with Crippen molar-refractivity contribution in [1.29, 1.82) is 0 Å². The highest BCUT2D eigenvalue weighted by molar-refractivity contribution is 5.74. The smallest absolute Gasteiger partial charge is 0.423 e. The second kappa shape index (κ2) is 6.60. The van der Waals surface area contributed by atoms with E-state index in [1.54, 1.807) is 6.07 Å². The first kappa shape index (κ1) is 16.8. The second-order valence-electron chi connectivity index (χ2n) is 6.24. The number of fused-ring (bicyclic) bond motifs is 1. The topological polar surface area (TPSA) is 45.4 Å².